The molecule has 0 fully saturated rings. The largest absolute Gasteiger partial charge is 0.494 e. The summed E-state index contributed by atoms with van der Waals surface area (Å²) in [5.41, 5.74) is 2.56. The van der Waals surface area contributed by atoms with E-state index in [9.17, 15) is 0 Å². The van der Waals surface area contributed by atoms with Crippen LogP contribution in [0.15, 0.2) is 54.6 Å². The van der Waals surface area contributed by atoms with Crippen LogP contribution in [0, 0.1) is 0 Å². The zero-order valence-electron chi connectivity index (χ0n) is 11.4. The van der Waals surface area contributed by atoms with Crippen molar-refractivity contribution in [3.63, 3.8) is 0 Å². The van der Waals surface area contributed by atoms with Gasteiger partial charge in [0, 0.05) is 13.1 Å². The Morgan fingerprint density at radius 1 is 0.895 bits per heavy atom. The first kappa shape index (κ1) is 13.6. The van der Waals surface area contributed by atoms with Crippen molar-refractivity contribution in [3.8, 4) is 5.75 Å². The maximum Gasteiger partial charge on any atom is 0.119 e. The first-order valence-electron chi connectivity index (χ1n) is 6.85. The predicted octanol–water partition coefficient (Wildman–Crippen LogP) is 3.77. The Bertz CT molecular complexity index is 482. The summed E-state index contributed by atoms with van der Waals surface area (Å²) in [6.45, 7) is 4.64. The third kappa shape index (κ3) is 4.76. The molecule has 0 aliphatic heterocycles. The lowest BCUT2D eigenvalue weighted by Crippen LogP contribution is -2.12. The normalized spacial score (nSPS) is 10.4. The van der Waals surface area contributed by atoms with E-state index in [1.165, 1.54) is 11.1 Å². The van der Waals surface area contributed by atoms with Crippen molar-refractivity contribution in [3.05, 3.63) is 65.7 Å². The van der Waals surface area contributed by atoms with Crippen LogP contribution in [0.1, 0.15) is 24.5 Å². The highest BCUT2D eigenvalue weighted by molar-refractivity contribution is 5.28. The van der Waals surface area contributed by atoms with Crippen LogP contribution in [0.5, 0.6) is 5.75 Å². The lowest BCUT2D eigenvalue weighted by Gasteiger charge is -2.08. The number of hydrogen-bond acceptors (Lipinski definition) is 2. The molecule has 2 rings (SSSR count). The van der Waals surface area contributed by atoms with Gasteiger partial charge in [0.05, 0.1) is 6.61 Å². The van der Waals surface area contributed by atoms with Gasteiger partial charge in [0.2, 0.25) is 0 Å². The monoisotopic (exact) mass is 255 g/mol. The molecule has 0 heterocycles. The van der Waals surface area contributed by atoms with Gasteiger partial charge in [-0.25, -0.2) is 0 Å². The summed E-state index contributed by atoms with van der Waals surface area (Å²) in [5.74, 6) is 0.959. The fraction of sp³-hybridized carbons (Fsp3) is 0.294. The van der Waals surface area contributed by atoms with Crippen molar-refractivity contribution in [1.29, 1.82) is 0 Å². The van der Waals surface area contributed by atoms with E-state index >= 15 is 0 Å². The number of rotatable bonds is 7. The summed E-state index contributed by atoms with van der Waals surface area (Å²) < 4.78 is 5.63. The summed E-state index contributed by atoms with van der Waals surface area (Å²) >= 11 is 0. The van der Waals surface area contributed by atoms with Gasteiger partial charge >= 0.3 is 0 Å². The number of benzene rings is 2. The molecule has 0 aliphatic rings. The Morgan fingerprint density at radius 3 is 2.42 bits per heavy atom. The highest BCUT2D eigenvalue weighted by Gasteiger charge is 1.97. The van der Waals surface area contributed by atoms with Gasteiger partial charge in [0.25, 0.3) is 0 Å². The first-order chi connectivity index (χ1) is 9.38. The van der Waals surface area contributed by atoms with Gasteiger partial charge in [-0.3, -0.25) is 0 Å². The van der Waals surface area contributed by atoms with Gasteiger partial charge in [-0.05, 0) is 29.7 Å². The van der Waals surface area contributed by atoms with Crippen molar-refractivity contribution in [1.82, 2.24) is 5.32 Å². The molecule has 0 bridgehead atoms. The zero-order chi connectivity index (χ0) is 13.3. The van der Waals surface area contributed by atoms with Crippen molar-refractivity contribution in [2.24, 2.45) is 0 Å². The third-order valence-electron chi connectivity index (χ3n) is 2.87. The fourth-order valence-electron chi connectivity index (χ4n) is 1.91. The minimum atomic E-state index is 0.779. The molecular weight excluding hydrogens is 234 g/mol. The van der Waals surface area contributed by atoms with Crippen LogP contribution < -0.4 is 10.1 Å². The Hall–Kier alpha value is -1.80. The van der Waals surface area contributed by atoms with E-state index in [1.54, 1.807) is 0 Å². The summed E-state index contributed by atoms with van der Waals surface area (Å²) in [6.07, 6.45) is 1.04. The van der Waals surface area contributed by atoms with Crippen molar-refractivity contribution >= 4 is 0 Å². The van der Waals surface area contributed by atoms with E-state index < -0.39 is 0 Å². The SMILES string of the molecule is CCCOc1cccc(CNCc2ccccc2)c1. The molecule has 0 spiro atoms. The average molecular weight is 255 g/mol. The molecule has 0 radical (unpaired) electrons. The molecule has 2 aromatic carbocycles. The van der Waals surface area contributed by atoms with Crippen LogP contribution in [0.2, 0.25) is 0 Å². The highest BCUT2D eigenvalue weighted by atomic mass is 16.5. The first-order valence-corrected chi connectivity index (χ1v) is 6.85. The van der Waals surface area contributed by atoms with Crippen LogP contribution in [0.3, 0.4) is 0 Å². The van der Waals surface area contributed by atoms with Crippen LogP contribution >= 0.6 is 0 Å². The Morgan fingerprint density at radius 2 is 1.63 bits per heavy atom. The minimum Gasteiger partial charge on any atom is -0.494 e. The molecule has 0 aliphatic carbocycles. The van der Waals surface area contributed by atoms with E-state index in [-0.39, 0.29) is 0 Å². The van der Waals surface area contributed by atoms with Crippen LogP contribution in [0.25, 0.3) is 0 Å². The van der Waals surface area contributed by atoms with Gasteiger partial charge in [-0.15, -0.1) is 0 Å². The number of ether oxygens (including phenoxy) is 1. The topological polar surface area (TPSA) is 21.3 Å². The van der Waals surface area contributed by atoms with Crippen molar-refractivity contribution < 1.29 is 4.74 Å². The molecule has 2 heteroatoms. The fourth-order valence-corrected chi connectivity index (χ4v) is 1.91. The lowest BCUT2D eigenvalue weighted by atomic mass is 10.2. The standard InChI is InChI=1S/C17H21NO/c1-2-11-19-17-10-6-9-16(12-17)14-18-13-15-7-4-3-5-8-15/h3-10,12,18H,2,11,13-14H2,1H3. The second-order valence-electron chi connectivity index (χ2n) is 4.59. The smallest absolute Gasteiger partial charge is 0.119 e. The Balaban J connectivity index is 1.82. The average Bonchev–Trinajstić information content (AvgIpc) is 2.47. The molecule has 19 heavy (non-hydrogen) atoms. The second kappa shape index (κ2) is 7.59. The molecule has 2 aromatic rings. The Labute approximate surface area is 115 Å². The van der Waals surface area contributed by atoms with Crippen LogP contribution in [0.4, 0.5) is 0 Å². The molecule has 100 valence electrons. The van der Waals surface area contributed by atoms with Crippen molar-refractivity contribution in [2.75, 3.05) is 6.61 Å². The molecule has 0 aromatic heterocycles. The summed E-state index contributed by atoms with van der Waals surface area (Å²) in [5, 5.41) is 3.45. The van der Waals surface area contributed by atoms with Crippen LogP contribution in [-0.2, 0) is 13.1 Å². The maximum atomic E-state index is 5.63. The minimum absolute atomic E-state index is 0.779. The predicted molar refractivity (Wildman–Crippen MR) is 79.2 cm³/mol. The summed E-state index contributed by atoms with van der Waals surface area (Å²) in [7, 11) is 0. The summed E-state index contributed by atoms with van der Waals surface area (Å²) in [4.78, 5) is 0. The maximum absolute atomic E-state index is 5.63. The summed E-state index contributed by atoms with van der Waals surface area (Å²) in [6, 6.07) is 18.7. The van der Waals surface area contributed by atoms with E-state index in [4.69, 9.17) is 4.74 Å². The van der Waals surface area contributed by atoms with E-state index in [2.05, 4.69) is 48.6 Å². The number of hydrogen-bond donors (Lipinski definition) is 1. The van der Waals surface area contributed by atoms with Crippen LogP contribution in [-0.4, -0.2) is 6.61 Å². The molecule has 2 nitrogen and oxygen atoms in total. The molecule has 0 saturated carbocycles. The lowest BCUT2D eigenvalue weighted by molar-refractivity contribution is 0.317. The van der Waals surface area contributed by atoms with Gasteiger partial charge in [-0.2, -0.15) is 0 Å². The molecule has 0 saturated heterocycles. The van der Waals surface area contributed by atoms with Crippen molar-refractivity contribution in [2.45, 2.75) is 26.4 Å². The Kier molecular flexibility index (Phi) is 5.45. The molecule has 1 N–H and O–H groups in total. The van der Waals surface area contributed by atoms with Gasteiger partial charge in [-0.1, -0.05) is 49.4 Å². The van der Waals surface area contributed by atoms with Gasteiger partial charge in [0.1, 0.15) is 5.75 Å². The highest BCUT2D eigenvalue weighted by Crippen LogP contribution is 2.13. The molecule has 0 amide bonds. The third-order valence-corrected chi connectivity index (χ3v) is 2.87. The van der Waals surface area contributed by atoms with E-state index in [0.29, 0.717) is 0 Å². The van der Waals surface area contributed by atoms with E-state index in [1.807, 2.05) is 18.2 Å². The molecule has 0 atom stereocenters. The van der Waals surface area contributed by atoms with E-state index in [0.717, 1.165) is 31.9 Å². The van der Waals surface area contributed by atoms with Gasteiger partial charge < -0.3 is 10.1 Å². The molecular formula is C17H21NO. The molecule has 0 unspecified atom stereocenters. The van der Waals surface area contributed by atoms with Gasteiger partial charge in [0.15, 0.2) is 0 Å². The second-order valence-corrected chi connectivity index (χ2v) is 4.59. The zero-order valence-corrected chi connectivity index (χ0v) is 11.4. The number of nitrogens with one attached hydrogen (secondary N) is 1. The quantitative estimate of drug-likeness (QED) is 0.813.